The van der Waals surface area contributed by atoms with Crippen molar-refractivity contribution in [3.05, 3.63) is 60.2 Å². The van der Waals surface area contributed by atoms with Crippen LogP contribution in [0.5, 0.6) is 5.75 Å². The van der Waals surface area contributed by atoms with Crippen LogP contribution >= 0.6 is 0 Å². The third-order valence-electron chi connectivity index (χ3n) is 4.50. The monoisotopic (exact) mass is 354 g/mol. The normalized spacial score (nSPS) is 16.1. The van der Waals surface area contributed by atoms with Gasteiger partial charge in [0.25, 0.3) is 0 Å². The number of aromatic hydroxyl groups is 1. The van der Waals surface area contributed by atoms with Gasteiger partial charge in [-0.2, -0.15) is 0 Å². The quantitative estimate of drug-likeness (QED) is 0.772. The largest absolute Gasteiger partial charge is 0.508 e. The van der Waals surface area contributed by atoms with Gasteiger partial charge in [0.1, 0.15) is 11.8 Å². The molecule has 2 aromatic rings. The fraction of sp³-hybridized carbons (Fsp3) is 0.263. The van der Waals surface area contributed by atoms with Crippen LogP contribution in [0.2, 0.25) is 0 Å². The van der Waals surface area contributed by atoms with Crippen LogP contribution in [-0.2, 0) is 4.79 Å². The topological polar surface area (TPSA) is 98.9 Å². The van der Waals surface area contributed by atoms with Crippen LogP contribution in [0.25, 0.3) is 0 Å². The molecule has 0 aromatic heterocycles. The minimum atomic E-state index is -0.848. The van der Waals surface area contributed by atoms with Gasteiger partial charge in [-0.15, -0.1) is 0 Å². The number of primary amides is 1. The second-order valence-electron chi connectivity index (χ2n) is 6.21. The molecule has 1 heterocycles. The first-order chi connectivity index (χ1) is 12.5. The van der Waals surface area contributed by atoms with E-state index in [0.29, 0.717) is 13.1 Å². The van der Waals surface area contributed by atoms with E-state index in [1.165, 1.54) is 0 Å². The first-order valence-electron chi connectivity index (χ1n) is 8.48. The molecule has 1 unspecified atom stereocenters. The SMILES string of the molecule is NC(=O)NC(=O)C(c1ccccc1)N1CCN(c2ccc(O)cc2)CC1. The molecular weight excluding hydrogens is 332 g/mol. The van der Waals surface area contributed by atoms with E-state index in [1.54, 1.807) is 12.1 Å². The van der Waals surface area contributed by atoms with Crippen molar-refractivity contribution in [1.29, 1.82) is 0 Å². The highest BCUT2D eigenvalue weighted by molar-refractivity contribution is 5.96. The summed E-state index contributed by atoms with van der Waals surface area (Å²) < 4.78 is 0. The number of urea groups is 1. The summed E-state index contributed by atoms with van der Waals surface area (Å²) in [5.74, 6) is -0.179. The number of hydrogen-bond acceptors (Lipinski definition) is 5. The van der Waals surface area contributed by atoms with Crippen LogP contribution < -0.4 is 16.0 Å². The van der Waals surface area contributed by atoms with Gasteiger partial charge >= 0.3 is 6.03 Å². The lowest BCUT2D eigenvalue weighted by molar-refractivity contribution is -0.125. The van der Waals surface area contributed by atoms with E-state index in [2.05, 4.69) is 10.2 Å². The molecule has 1 aliphatic rings. The van der Waals surface area contributed by atoms with E-state index in [-0.39, 0.29) is 5.75 Å². The third-order valence-corrected chi connectivity index (χ3v) is 4.50. The second kappa shape index (κ2) is 7.88. The number of phenols is 1. The van der Waals surface area contributed by atoms with Crippen molar-refractivity contribution in [2.24, 2.45) is 5.73 Å². The summed E-state index contributed by atoms with van der Waals surface area (Å²) in [5.41, 5.74) is 6.98. The maximum Gasteiger partial charge on any atom is 0.318 e. The van der Waals surface area contributed by atoms with Gasteiger partial charge in [-0.25, -0.2) is 4.79 Å². The molecule has 0 spiro atoms. The number of imide groups is 1. The Morgan fingerprint density at radius 1 is 0.962 bits per heavy atom. The van der Waals surface area contributed by atoms with Crippen LogP contribution in [0.15, 0.2) is 54.6 Å². The summed E-state index contributed by atoms with van der Waals surface area (Å²) in [5, 5.41) is 11.6. The number of anilines is 1. The summed E-state index contributed by atoms with van der Waals surface area (Å²) in [6.45, 7) is 2.79. The number of nitrogens with zero attached hydrogens (tertiary/aromatic N) is 2. The average molecular weight is 354 g/mol. The van der Waals surface area contributed by atoms with Crippen molar-refractivity contribution < 1.29 is 14.7 Å². The zero-order valence-corrected chi connectivity index (χ0v) is 14.3. The van der Waals surface area contributed by atoms with Gasteiger partial charge < -0.3 is 15.7 Å². The number of nitrogens with one attached hydrogen (secondary N) is 1. The predicted molar refractivity (Wildman–Crippen MR) is 98.8 cm³/mol. The van der Waals surface area contributed by atoms with Gasteiger partial charge in [0.2, 0.25) is 5.91 Å². The molecule has 7 nitrogen and oxygen atoms in total. The molecule has 0 aliphatic carbocycles. The maximum absolute atomic E-state index is 12.5. The summed E-state index contributed by atoms with van der Waals surface area (Å²) in [4.78, 5) is 27.9. The molecule has 1 aliphatic heterocycles. The maximum atomic E-state index is 12.5. The van der Waals surface area contributed by atoms with Gasteiger partial charge in [0.05, 0.1) is 0 Å². The van der Waals surface area contributed by atoms with Crippen LogP contribution in [0.4, 0.5) is 10.5 Å². The van der Waals surface area contributed by atoms with Crippen LogP contribution in [0.3, 0.4) is 0 Å². The van der Waals surface area contributed by atoms with Gasteiger partial charge in [-0.3, -0.25) is 15.0 Å². The highest BCUT2D eigenvalue weighted by atomic mass is 16.3. The van der Waals surface area contributed by atoms with Gasteiger partial charge in [-0.1, -0.05) is 30.3 Å². The number of amides is 3. The van der Waals surface area contributed by atoms with E-state index in [4.69, 9.17) is 5.73 Å². The molecule has 26 heavy (non-hydrogen) atoms. The zero-order valence-electron chi connectivity index (χ0n) is 14.3. The summed E-state index contributed by atoms with van der Waals surface area (Å²) in [6, 6.07) is 15.0. The van der Waals surface area contributed by atoms with Crippen LogP contribution in [0, 0.1) is 0 Å². The Kier molecular flexibility index (Phi) is 5.38. The smallest absolute Gasteiger partial charge is 0.318 e. The first kappa shape index (κ1) is 17.8. The minimum Gasteiger partial charge on any atom is -0.508 e. The number of benzene rings is 2. The Bertz CT molecular complexity index is 756. The standard InChI is InChI=1S/C19H22N4O3/c20-19(26)21-18(25)17(14-4-2-1-3-5-14)23-12-10-22(11-13-23)15-6-8-16(24)9-7-15/h1-9,17,24H,10-13H2,(H3,20,21,25,26). The number of carbonyl (C=O) groups excluding carboxylic acids is 2. The number of hydrogen-bond donors (Lipinski definition) is 3. The lowest BCUT2D eigenvalue weighted by Crippen LogP contribution is -2.52. The summed E-state index contributed by atoms with van der Waals surface area (Å²) >= 11 is 0. The molecule has 0 radical (unpaired) electrons. The molecule has 4 N–H and O–H groups in total. The molecule has 2 aromatic carbocycles. The van der Waals surface area contributed by atoms with E-state index in [0.717, 1.165) is 24.3 Å². The molecule has 0 bridgehead atoms. The summed E-state index contributed by atoms with van der Waals surface area (Å²) in [6.07, 6.45) is 0. The highest BCUT2D eigenvalue weighted by Gasteiger charge is 2.31. The molecular formula is C19H22N4O3. The van der Waals surface area contributed by atoms with E-state index < -0.39 is 18.0 Å². The van der Waals surface area contributed by atoms with E-state index >= 15 is 0 Å². The molecule has 7 heteroatoms. The lowest BCUT2D eigenvalue weighted by Gasteiger charge is -2.39. The van der Waals surface area contributed by atoms with Crippen molar-refractivity contribution in [2.45, 2.75) is 6.04 Å². The number of nitrogens with two attached hydrogens (primary N) is 1. The lowest BCUT2D eigenvalue weighted by atomic mass is 10.0. The molecule has 1 atom stereocenters. The predicted octanol–water partition coefficient (Wildman–Crippen LogP) is 1.45. The van der Waals surface area contributed by atoms with Gasteiger partial charge in [0, 0.05) is 31.9 Å². The molecule has 1 fully saturated rings. The van der Waals surface area contributed by atoms with Gasteiger partial charge in [-0.05, 0) is 29.8 Å². The Morgan fingerprint density at radius 3 is 2.15 bits per heavy atom. The molecule has 136 valence electrons. The van der Waals surface area contributed by atoms with Crippen LogP contribution in [-0.4, -0.2) is 48.1 Å². The summed E-state index contributed by atoms with van der Waals surface area (Å²) in [7, 11) is 0. The Hall–Kier alpha value is -3.06. The van der Waals surface area contributed by atoms with Gasteiger partial charge in [0.15, 0.2) is 0 Å². The molecule has 1 saturated heterocycles. The minimum absolute atomic E-state index is 0.236. The highest BCUT2D eigenvalue weighted by Crippen LogP contribution is 2.25. The fourth-order valence-corrected chi connectivity index (χ4v) is 3.25. The number of rotatable bonds is 4. The van der Waals surface area contributed by atoms with Crippen molar-refractivity contribution in [1.82, 2.24) is 10.2 Å². The van der Waals surface area contributed by atoms with Crippen molar-refractivity contribution in [2.75, 3.05) is 31.1 Å². The second-order valence-corrected chi connectivity index (χ2v) is 6.21. The third kappa shape index (κ3) is 4.12. The van der Waals surface area contributed by atoms with Crippen LogP contribution in [0.1, 0.15) is 11.6 Å². The fourth-order valence-electron chi connectivity index (χ4n) is 3.25. The average Bonchev–Trinajstić information content (AvgIpc) is 2.63. The van der Waals surface area contributed by atoms with Crippen molar-refractivity contribution in [3.8, 4) is 5.75 Å². The Balaban J connectivity index is 1.73. The molecule has 3 rings (SSSR count). The number of phenolic OH excluding ortho intramolecular Hbond substituents is 1. The van der Waals surface area contributed by atoms with Crippen molar-refractivity contribution in [3.63, 3.8) is 0 Å². The van der Waals surface area contributed by atoms with E-state index in [1.807, 2.05) is 47.4 Å². The number of piperazine rings is 1. The van der Waals surface area contributed by atoms with Crippen molar-refractivity contribution >= 4 is 17.6 Å². The van der Waals surface area contributed by atoms with E-state index in [9.17, 15) is 14.7 Å². The Morgan fingerprint density at radius 2 is 1.58 bits per heavy atom. The molecule has 0 saturated carbocycles. The number of carbonyl (C=O) groups is 2. The first-order valence-corrected chi connectivity index (χ1v) is 8.48. The zero-order chi connectivity index (χ0) is 18.5. The Labute approximate surface area is 152 Å². The molecule has 3 amide bonds.